The van der Waals surface area contributed by atoms with Crippen LogP contribution in [0.4, 0.5) is 0 Å². The summed E-state index contributed by atoms with van der Waals surface area (Å²) in [5.41, 5.74) is 0.645. The fourth-order valence-electron chi connectivity index (χ4n) is 1.68. The first-order chi connectivity index (χ1) is 7.43. The van der Waals surface area contributed by atoms with E-state index in [1.165, 1.54) is 12.1 Å². The van der Waals surface area contributed by atoms with Gasteiger partial charge < -0.3 is 10.2 Å². The molecule has 0 spiro atoms. The quantitative estimate of drug-likeness (QED) is 0.819. The van der Waals surface area contributed by atoms with E-state index in [9.17, 15) is 9.59 Å². The lowest BCUT2D eigenvalue weighted by Gasteiger charge is -2.16. The van der Waals surface area contributed by atoms with E-state index < -0.39 is 17.9 Å². The SMILES string of the molecule is CC(C)C(C(=O)O)c1cccc(C(=O)O)c1. The largest absolute Gasteiger partial charge is 0.481 e. The molecule has 16 heavy (non-hydrogen) atoms. The second kappa shape index (κ2) is 4.79. The van der Waals surface area contributed by atoms with Crippen molar-refractivity contribution in [3.8, 4) is 0 Å². The Hall–Kier alpha value is -1.84. The Morgan fingerprint density at radius 1 is 1.19 bits per heavy atom. The van der Waals surface area contributed by atoms with Crippen molar-refractivity contribution in [2.24, 2.45) is 5.92 Å². The van der Waals surface area contributed by atoms with Crippen molar-refractivity contribution >= 4 is 11.9 Å². The van der Waals surface area contributed by atoms with Crippen LogP contribution < -0.4 is 0 Å². The summed E-state index contributed by atoms with van der Waals surface area (Å²) in [7, 11) is 0. The van der Waals surface area contributed by atoms with Gasteiger partial charge in [-0.2, -0.15) is 0 Å². The van der Waals surface area contributed by atoms with E-state index in [0.717, 1.165) is 0 Å². The van der Waals surface area contributed by atoms with Gasteiger partial charge in [-0.3, -0.25) is 4.79 Å². The molecule has 86 valence electrons. The van der Waals surface area contributed by atoms with E-state index in [0.29, 0.717) is 5.56 Å². The minimum absolute atomic E-state index is 0.0819. The summed E-state index contributed by atoms with van der Waals surface area (Å²) >= 11 is 0. The fraction of sp³-hybridized carbons (Fsp3) is 0.333. The fourth-order valence-corrected chi connectivity index (χ4v) is 1.68. The van der Waals surface area contributed by atoms with Crippen molar-refractivity contribution in [3.05, 3.63) is 35.4 Å². The zero-order chi connectivity index (χ0) is 12.3. The number of aliphatic carboxylic acids is 1. The molecule has 1 aromatic rings. The topological polar surface area (TPSA) is 74.6 Å². The smallest absolute Gasteiger partial charge is 0.335 e. The highest BCUT2D eigenvalue weighted by Crippen LogP contribution is 2.25. The van der Waals surface area contributed by atoms with Gasteiger partial charge in [-0.05, 0) is 23.6 Å². The zero-order valence-corrected chi connectivity index (χ0v) is 9.18. The molecule has 0 amide bonds. The summed E-state index contributed by atoms with van der Waals surface area (Å²) in [5.74, 6) is -2.73. The van der Waals surface area contributed by atoms with E-state index >= 15 is 0 Å². The molecule has 0 heterocycles. The predicted octanol–water partition coefficient (Wildman–Crippen LogP) is 2.21. The van der Waals surface area contributed by atoms with Crippen LogP contribution >= 0.6 is 0 Å². The average molecular weight is 222 g/mol. The van der Waals surface area contributed by atoms with Crippen LogP contribution in [0.2, 0.25) is 0 Å². The van der Waals surface area contributed by atoms with Crippen LogP contribution in [0.3, 0.4) is 0 Å². The van der Waals surface area contributed by atoms with Gasteiger partial charge >= 0.3 is 11.9 Å². The lowest BCUT2D eigenvalue weighted by atomic mass is 9.88. The maximum atomic E-state index is 11.1. The van der Waals surface area contributed by atoms with Crippen LogP contribution in [0.25, 0.3) is 0 Å². The van der Waals surface area contributed by atoms with Crippen molar-refractivity contribution in [3.63, 3.8) is 0 Å². The summed E-state index contributed by atoms with van der Waals surface area (Å²) in [6.45, 7) is 3.60. The number of carbonyl (C=O) groups is 2. The molecule has 0 bridgehead atoms. The molecule has 4 nitrogen and oxygen atoms in total. The van der Waals surface area contributed by atoms with Crippen molar-refractivity contribution in [2.75, 3.05) is 0 Å². The summed E-state index contributed by atoms with van der Waals surface area (Å²) < 4.78 is 0. The molecule has 0 radical (unpaired) electrons. The molecule has 1 rings (SSSR count). The van der Waals surface area contributed by atoms with Gasteiger partial charge in [0.15, 0.2) is 0 Å². The molecule has 0 saturated carbocycles. The third-order valence-electron chi connectivity index (χ3n) is 2.43. The molecule has 0 saturated heterocycles. The Morgan fingerprint density at radius 2 is 1.81 bits per heavy atom. The van der Waals surface area contributed by atoms with Gasteiger partial charge in [0, 0.05) is 0 Å². The Kier molecular flexibility index (Phi) is 3.66. The Balaban J connectivity index is 3.15. The van der Waals surface area contributed by atoms with Crippen LogP contribution in [-0.2, 0) is 4.79 Å². The van der Waals surface area contributed by atoms with Crippen molar-refractivity contribution in [1.29, 1.82) is 0 Å². The van der Waals surface area contributed by atoms with Gasteiger partial charge in [-0.15, -0.1) is 0 Å². The third kappa shape index (κ3) is 2.59. The number of hydrogen-bond acceptors (Lipinski definition) is 2. The first kappa shape index (κ1) is 12.2. The van der Waals surface area contributed by atoms with Gasteiger partial charge in [-0.25, -0.2) is 4.79 Å². The minimum atomic E-state index is -1.05. The van der Waals surface area contributed by atoms with Crippen LogP contribution in [0.15, 0.2) is 24.3 Å². The predicted molar refractivity (Wildman–Crippen MR) is 58.6 cm³/mol. The van der Waals surface area contributed by atoms with E-state index in [2.05, 4.69) is 0 Å². The highest BCUT2D eigenvalue weighted by molar-refractivity contribution is 5.88. The summed E-state index contributed by atoms with van der Waals surface area (Å²) in [6, 6.07) is 6.08. The maximum Gasteiger partial charge on any atom is 0.335 e. The van der Waals surface area contributed by atoms with E-state index in [1.54, 1.807) is 26.0 Å². The standard InChI is InChI=1S/C12H14O4/c1-7(2)10(12(15)16)8-4-3-5-9(6-8)11(13)14/h3-7,10H,1-2H3,(H,13,14)(H,15,16). The third-order valence-corrected chi connectivity index (χ3v) is 2.43. The molecule has 4 heteroatoms. The summed E-state index contributed by atoms with van der Waals surface area (Å²) in [4.78, 5) is 21.8. The first-order valence-corrected chi connectivity index (χ1v) is 4.99. The first-order valence-electron chi connectivity index (χ1n) is 4.99. The molecule has 0 aliphatic carbocycles. The lowest BCUT2D eigenvalue weighted by Crippen LogP contribution is -2.17. The number of benzene rings is 1. The molecule has 1 aromatic carbocycles. The van der Waals surface area contributed by atoms with Gasteiger partial charge in [-0.1, -0.05) is 26.0 Å². The van der Waals surface area contributed by atoms with E-state index in [4.69, 9.17) is 10.2 Å². The molecule has 0 aliphatic rings. The van der Waals surface area contributed by atoms with Gasteiger partial charge in [0.1, 0.15) is 0 Å². The van der Waals surface area contributed by atoms with Crippen LogP contribution in [0, 0.1) is 5.92 Å². The minimum Gasteiger partial charge on any atom is -0.481 e. The molecule has 1 unspecified atom stereocenters. The highest BCUT2D eigenvalue weighted by atomic mass is 16.4. The number of rotatable bonds is 4. The molecular weight excluding hydrogens is 208 g/mol. The average Bonchev–Trinajstić information content (AvgIpc) is 2.16. The molecule has 0 fully saturated rings. The number of hydrogen-bond donors (Lipinski definition) is 2. The van der Waals surface area contributed by atoms with Gasteiger partial charge in [0.25, 0.3) is 0 Å². The molecule has 2 N–H and O–H groups in total. The Labute approximate surface area is 93.5 Å². The van der Waals surface area contributed by atoms with Crippen LogP contribution in [0.1, 0.15) is 35.7 Å². The number of carboxylic acid groups (broad SMARTS) is 2. The monoisotopic (exact) mass is 222 g/mol. The van der Waals surface area contributed by atoms with Crippen molar-refractivity contribution < 1.29 is 19.8 Å². The van der Waals surface area contributed by atoms with E-state index in [-0.39, 0.29) is 11.5 Å². The molecular formula is C12H14O4. The van der Waals surface area contributed by atoms with Crippen LogP contribution in [0.5, 0.6) is 0 Å². The highest BCUT2D eigenvalue weighted by Gasteiger charge is 2.24. The summed E-state index contributed by atoms with van der Waals surface area (Å²) in [6.07, 6.45) is 0. The van der Waals surface area contributed by atoms with Crippen molar-refractivity contribution in [1.82, 2.24) is 0 Å². The van der Waals surface area contributed by atoms with E-state index in [1.807, 2.05) is 0 Å². The number of aromatic carboxylic acids is 1. The Morgan fingerprint density at radius 3 is 2.25 bits per heavy atom. The summed E-state index contributed by atoms with van der Waals surface area (Å²) in [5, 5.41) is 17.9. The van der Waals surface area contributed by atoms with Gasteiger partial charge in [0.2, 0.25) is 0 Å². The molecule has 0 aliphatic heterocycles. The molecule has 0 aromatic heterocycles. The van der Waals surface area contributed by atoms with Crippen LogP contribution in [-0.4, -0.2) is 22.2 Å². The zero-order valence-electron chi connectivity index (χ0n) is 9.18. The number of carboxylic acids is 2. The maximum absolute atomic E-state index is 11.1. The second-order valence-electron chi connectivity index (χ2n) is 3.99. The molecule has 1 atom stereocenters. The normalized spacial score (nSPS) is 12.4. The van der Waals surface area contributed by atoms with Gasteiger partial charge in [0.05, 0.1) is 11.5 Å². The lowest BCUT2D eigenvalue weighted by molar-refractivity contribution is -0.139. The Bertz CT molecular complexity index is 409. The van der Waals surface area contributed by atoms with Crippen molar-refractivity contribution in [2.45, 2.75) is 19.8 Å². The second-order valence-corrected chi connectivity index (χ2v) is 3.99.